The number of hydrogen-bond donors (Lipinski definition) is 0. The van der Waals surface area contributed by atoms with Gasteiger partial charge in [-0.05, 0) is 37.6 Å². The van der Waals surface area contributed by atoms with Gasteiger partial charge in [0.1, 0.15) is 6.61 Å². The van der Waals surface area contributed by atoms with Gasteiger partial charge in [0.05, 0.1) is 23.2 Å². The summed E-state index contributed by atoms with van der Waals surface area (Å²) in [6.45, 7) is 1.72. The average molecular weight is 326 g/mol. The predicted molar refractivity (Wildman–Crippen MR) is 86.6 cm³/mol. The fourth-order valence-electron chi connectivity index (χ4n) is 3.15. The Balaban J connectivity index is 1.68. The third-order valence-electron chi connectivity index (χ3n) is 4.53. The first-order chi connectivity index (χ1) is 11.5. The Labute approximate surface area is 140 Å². The van der Waals surface area contributed by atoms with Crippen LogP contribution in [-0.2, 0) is 4.74 Å². The molecule has 2 aliphatic rings. The Morgan fingerprint density at radius 2 is 2.08 bits per heavy atom. The fourth-order valence-corrected chi connectivity index (χ4v) is 3.15. The monoisotopic (exact) mass is 326 g/mol. The normalized spacial score (nSPS) is 20.2. The van der Waals surface area contributed by atoms with Gasteiger partial charge < -0.3 is 4.74 Å². The Bertz CT molecular complexity index is 750. The molecule has 1 aromatic rings. The van der Waals surface area contributed by atoms with Crippen molar-refractivity contribution in [1.29, 1.82) is 0 Å². The maximum absolute atomic E-state index is 12.2. The molecule has 2 aliphatic heterocycles. The van der Waals surface area contributed by atoms with E-state index in [-0.39, 0.29) is 29.7 Å². The third-order valence-corrected chi connectivity index (χ3v) is 4.53. The molecule has 0 saturated carbocycles. The molecule has 2 heterocycles. The van der Waals surface area contributed by atoms with Crippen molar-refractivity contribution >= 4 is 17.8 Å². The van der Waals surface area contributed by atoms with Gasteiger partial charge in [0.25, 0.3) is 11.8 Å². The Morgan fingerprint density at radius 3 is 2.83 bits per heavy atom. The summed E-state index contributed by atoms with van der Waals surface area (Å²) in [7, 11) is 1.42. The van der Waals surface area contributed by atoms with Gasteiger partial charge in [-0.3, -0.25) is 19.4 Å². The fraction of sp³-hybridized carbons (Fsp3) is 0.389. The number of likely N-dealkylation sites (tertiary alicyclic amines) is 1. The summed E-state index contributed by atoms with van der Waals surface area (Å²) in [6, 6.07) is 4.57. The van der Waals surface area contributed by atoms with E-state index >= 15 is 0 Å². The Morgan fingerprint density at radius 1 is 1.33 bits per heavy atom. The molecule has 0 spiro atoms. The summed E-state index contributed by atoms with van der Waals surface area (Å²) in [5.41, 5.74) is 0.827. The van der Waals surface area contributed by atoms with Crippen molar-refractivity contribution in [1.82, 2.24) is 9.80 Å². The maximum Gasteiger partial charge on any atom is 0.338 e. The molecule has 0 radical (unpaired) electrons. The summed E-state index contributed by atoms with van der Waals surface area (Å²) >= 11 is 0. The van der Waals surface area contributed by atoms with E-state index in [0.29, 0.717) is 12.1 Å². The molecule has 0 aromatic heterocycles. The minimum Gasteiger partial charge on any atom is -0.460 e. The van der Waals surface area contributed by atoms with Crippen molar-refractivity contribution in [2.24, 2.45) is 0 Å². The molecule has 124 valence electrons. The molecule has 0 unspecified atom stereocenters. The lowest BCUT2D eigenvalue weighted by Gasteiger charge is -2.21. The van der Waals surface area contributed by atoms with E-state index in [0.717, 1.165) is 24.3 Å². The lowest BCUT2D eigenvalue weighted by molar-refractivity contribution is 0.0407. The van der Waals surface area contributed by atoms with E-state index in [1.54, 1.807) is 0 Å². The van der Waals surface area contributed by atoms with Crippen LogP contribution in [-0.4, -0.2) is 60.4 Å². The first-order valence-corrected chi connectivity index (χ1v) is 7.84. The second kappa shape index (κ2) is 6.46. The van der Waals surface area contributed by atoms with Crippen LogP contribution in [0.5, 0.6) is 0 Å². The number of amides is 2. The minimum atomic E-state index is -0.500. The van der Waals surface area contributed by atoms with Crippen LogP contribution in [0.15, 0.2) is 18.2 Å². The molecule has 0 aliphatic carbocycles. The summed E-state index contributed by atoms with van der Waals surface area (Å²) in [5, 5.41) is 0. The Hall–Kier alpha value is -2.65. The number of carbonyl (C=O) groups is 3. The van der Waals surface area contributed by atoms with Crippen molar-refractivity contribution in [3.8, 4) is 12.3 Å². The van der Waals surface area contributed by atoms with E-state index in [1.807, 2.05) is 0 Å². The number of rotatable bonds is 4. The van der Waals surface area contributed by atoms with Crippen molar-refractivity contribution in [3.05, 3.63) is 34.9 Å². The number of imide groups is 1. The summed E-state index contributed by atoms with van der Waals surface area (Å²) in [4.78, 5) is 39.2. The van der Waals surface area contributed by atoms with Crippen LogP contribution in [0.1, 0.15) is 43.9 Å². The number of hydrogen-bond acceptors (Lipinski definition) is 5. The second-order valence-electron chi connectivity index (χ2n) is 6.00. The molecule has 1 atom stereocenters. The third kappa shape index (κ3) is 2.79. The van der Waals surface area contributed by atoms with Crippen LogP contribution < -0.4 is 0 Å². The lowest BCUT2D eigenvalue weighted by atomic mass is 10.1. The van der Waals surface area contributed by atoms with Gasteiger partial charge in [0.2, 0.25) is 0 Å². The summed E-state index contributed by atoms with van der Waals surface area (Å²) in [6.07, 6.45) is 7.32. The van der Waals surface area contributed by atoms with Gasteiger partial charge in [0, 0.05) is 13.1 Å². The molecule has 6 nitrogen and oxygen atoms in total. The smallest absolute Gasteiger partial charge is 0.338 e. The molecule has 6 heteroatoms. The zero-order valence-corrected chi connectivity index (χ0v) is 13.4. The van der Waals surface area contributed by atoms with E-state index in [4.69, 9.17) is 11.2 Å². The molecule has 0 N–H and O–H groups in total. The van der Waals surface area contributed by atoms with Gasteiger partial charge in [-0.15, -0.1) is 6.42 Å². The largest absolute Gasteiger partial charge is 0.460 e. The van der Waals surface area contributed by atoms with Gasteiger partial charge in [-0.2, -0.15) is 0 Å². The van der Waals surface area contributed by atoms with Crippen molar-refractivity contribution < 1.29 is 19.1 Å². The van der Waals surface area contributed by atoms with Crippen LogP contribution >= 0.6 is 0 Å². The second-order valence-corrected chi connectivity index (χ2v) is 6.00. The van der Waals surface area contributed by atoms with Gasteiger partial charge in [-0.25, -0.2) is 4.79 Å². The molecular formula is C18H18N2O4. The zero-order valence-electron chi connectivity index (χ0n) is 13.4. The number of fused-ring (bicyclic) bond motifs is 1. The number of ether oxygens (including phenoxy) is 1. The SMILES string of the molecule is C#CCN1CCC[C@@H]1COC(=O)c1ccc2c(c1)C(=O)N(C)C2=O. The van der Waals surface area contributed by atoms with E-state index in [1.165, 1.54) is 25.2 Å². The van der Waals surface area contributed by atoms with E-state index < -0.39 is 11.9 Å². The number of carbonyl (C=O) groups excluding carboxylic acids is 3. The Kier molecular flexibility index (Phi) is 4.36. The summed E-state index contributed by atoms with van der Waals surface area (Å²) in [5.74, 6) is 1.35. The molecule has 3 rings (SSSR count). The maximum atomic E-state index is 12.2. The number of nitrogens with zero attached hydrogens (tertiary/aromatic N) is 2. The van der Waals surface area contributed by atoms with Crippen molar-refractivity contribution in [2.45, 2.75) is 18.9 Å². The van der Waals surface area contributed by atoms with Crippen molar-refractivity contribution in [2.75, 3.05) is 26.7 Å². The van der Waals surface area contributed by atoms with Gasteiger partial charge >= 0.3 is 5.97 Å². The van der Waals surface area contributed by atoms with Crippen LogP contribution in [0.25, 0.3) is 0 Å². The topological polar surface area (TPSA) is 66.9 Å². The number of terminal acetylenes is 1. The molecule has 1 fully saturated rings. The summed E-state index contributed by atoms with van der Waals surface area (Å²) < 4.78 is 5.38. The number of benzene rings is 1. The minimum absolute atomic E-state index is 0.133. The van der Waals surface area contributed by atoms with Crippen LogP contribution in [0.3, 0.4) is 0 Å². The van der Waals surface area contributed by atoms with Crippen molar-refractivity contribution in [3.63, 3.8) is 0 Å². The number of esters is 1. The van der Waals surface area contributed by atoms with Crippen LogP contribution in [0, 0.1) is 12.3 Å². The van der Waals surface area contributed by atoms with Gasteiger partial charge in [0.15, 0.2) is 0 Å². The molecule has 2 amide bonds. The highest BCUT2D eigenvalue weighted by Gasteiger charge is 2.33. The highest BCUT2D eigenvalue weighted by atomic mass is 16.5. The van der Waals surface area contributed by atoms with E-state index in [9.17, 15) is 14.4 Å². The highest BCUT2D eigenvalue weighted by Crippen LogP contribution is 2.23. The van der Waals surface area contributed by atoms with Crippen LogP contribution in [0.4, 0.5) is 0 Å². The highest BCUT2D eigenvalue weighted by molar-refractivity contribution is 6.21. The average Bonchev–Trinajstić information content (AvgIpc) is 3.12. The molecule has 1 saturated heterocycles. The lowest BCUT2D eigenvalue weighted by Crippen LogP contribution is -2.34. The first kappa shape index (κ1) is 16.2. The zero-order chi connectivity index (χ0) is 17.3. The van der Waals surface area contributed by atoms with E-state index in [2.05, 4.69) is 10.8 Å². The quantitative estimate of drug-likeness (QED) is 0.472. The molecular weight excluding hydrogens is 308 g/mol. The van der Waals surface area contributed by atoms with Crippen LogP contribution in [0.2, 0.25) is 0 Å². The molecule has 24 heavy (non-hydrogen) atoms. The molecule has 0 bridgehead atoms. The first-order valence-electron chi connectivity index (χ1n) is 7.84. The predicted octanol–water partition coefficient (Wildman–Crippen LogP) is 1.17. The molecule has 1 aromatic carbocycles. The van der Waals surface area contributed by atoms with Gasteiger partial charge in [-0.1, -0.05) is 5.92 Å². The standard InChI is InChI=1S/C18H18N2O4/c1-3-8-20-9-4-5-13(20)11-24-18(23)12-6-7-14-15(10-12)17(22)19(2)16(14)21/h1,6-7,10,13H,4-5,8-9,11H2,2H3/t13-/m1/s1.